The number of hydrogen-bond donors (Lipinski definition) is 1. The zero-order chi connectivity index (χ0) is 20.6. The maximum atomic E-state index is 12.8. The van der Waals surface area contributed by atoms with Crippen molar-refractivity contribution in [3.63, 3.8) is 0 Å². The van der Waals surface area contributed by atoms with E-state index >= 15 is 0 Å². The standard InChI is InChI=1S/C20H25ClN4O3S/c1-14-12-22-25(13-15-2-3-15)19(14)23-20(26)16-8-10-24(11-9-16)29(27,28)18-6-4-17(21)5-7-18/h4-7,12,15-16H,2-3,8-11,13H2,1H3,(H,23,26). The van der Waals surface area contributed by atoms with Gasteiger partial charge in [0.25, 0.3) is 0 Å². The summed E-state index contributed by atoms with van der Waals surface area (Å²) >= 11 is 5.85. The zero-order valence-corrected chi connectivity index (χ0v) is 17.9. The van der Waals surface area contributed by atoms with Gasteiger partial charge in [-0.1, -0.05) is 11.6 Å². The number of hydrogen-bond acceptors (Lipinski definition) is 4. The van der Waals surface area contributed by atoms with Gasteiger partial charge in [0, 0.05) is 36.1 Å². The number of piperidine rings is 1. The number of nitrogens with one attached hydrogen (secondary N) is 1. The third kappa shape index (κ3) is 4.49. The van der Waals surface area contributed by atoms with E-state index in [4.69, 9.17) is 11.6 Å². The number of rotatable bonds is 6. The second-order valence-corrected chi connectivity index (χ2v) is 10.3. The number of anilines is 1. The summed E-state index contributed by atoms with van der Waals surface area (Å²) in [6.45, 7) is 3.42. The Balaban J connectivity index is 1.37. The number of carbonyl (C=O) groups is 1. The van der Waals surface area contributed by atoms with Crippen molar-refractivity contribution in [2.24, 2.45) is 11.8 Å². The molecule has 29 heavy (non-hydrogen) atoms. The molecule has 0 bridgehead atoms. The molecule has 1 N–H and O–H groups in total. The summed E-state index contributed by atoms with van der Waals surface area (Å²) in [7, 11) is -3.57. The van der Waals surface area contributed by atoms with Gasteiger partial charge in [0.2, 0.25) is 15.9 Å². The molecule has 2 heterocycles. The van der Waals surface area contributed by atoms with E-state index in [0.717, 1.165) is 17.9 Å². The van der Waals surface area contributed by atoms with E-state index in [2.05, 4.69) is 10.4 Å². The van der Waals surface area contributed by atoms with Gasteiger partial charge in [0.05, 0.1) is 11.1 Å². The summed E-state index contributed by atoms with van der Waals surface area (Å²) in [6, 6.07) is 6.17. The maximum absolute atomic E-state index is 12.8. The molecule has 1 saturated carbocycles. The van der Waals surface area contributed by atoms with Crippen molar-refractivity contribution >= 4 is 33.3 Å². The van der Waals surface area contributed by atoms with Gasteiger partial charge in [-0.25, -0.2) is 13.1 Å². The third-order valence-electron chi connectivity index (χ3n) is 5.67. The van der Waals surface area contributed by atoms with Gasteiger partial charge in [0.1, 0.15) is 5.82 Å². The maximum Gasteiger partial charge on any atom is 0.243 e. The molecule has 1 amide bonds. The minimum absolute atomic E-state index is 0.0609. The molecule has 2 fully saturated rings. The fraction of sp³-hybridized carbons (Fsp3) is 0.500. The fourth-order valence-electron chi connectivity index (χ4n) is 3.66. The predicted molar refractivity (Wildman–Crippen MR) is 111 cm³/mol. The van der Waals surface area contributed by atoms with Gasteiger partial charge in [-0.2, -0.15) is 9.40 Å². The molecule has 1 aliphatic heterocycles. The molecule has 1 saturated heterocycles. The topological polar surface area (TPSA) is 84.3 Å². The van der Waals surface area contributed by atoms with Crippen molar-refractivity contribution in [3.8, 4) is 0 Å². The minimum atomic E-state index is -3.57. The molecular formula is C20H25ClN4O3S. The molecule has 1 aliphatic carbocycles. The molecule has 0 atom stereocenters. The van der Waals surface area contributed by atoms with E-state index in [1.165, 1.54) is 29.3 Å². The third-order valence-corrected chi connectivity index (χ3v) is 7.83. The van der Waals surface area contributed by atoms with Crippen molar-refractivity contribution < 1.29 is 13.2 Å². The first-order valence-electron chi connectivity index (χ1n) is 9.93. The average Bonchev–Trinajstić information content (AvgIpc) is 3.47. The number of carbonyl (C=O) groups excluding carboxylic acids is 1. The lowest BCUT2D eigenvalue weighted by molar-refractivity contribution is -0.121. The van der Waals surface area contributed by atoms with Crippen molar-refractivity contribution in [2.75, 3.05) is 18.4 Å². The van der Waals surface area contributed by atoms with E-state index in [-0.39, 0.29) is 16.7 Å². The smallest absolute Gasteiger partial charge is 0.243 e. The Kier molecular flexibility index (Phi) is 5.68. The quantitative estimate of drug-likeness (QED) is 0.752. The number of benzene rings is 1. The number of amides is 1. The molecule has 0 spiro atoms. The number of halogens is 1. The van der Waals surface area contributed by atoms with Crippen molar-refractivity contribution in [1.29, 1.82) is 0 Å². The monoisotopic (exact) mass is 436 g/mol. The molecule has 9 heteroatoms. The number of nitrogens with zero attached hydrogens (tertiary/aromatic N) is 3. The van der Waals surface area contributed by atoms with Crippen LogP contribution in [0.4, 0.5) is 5.82 Å². The number of aromatic nitrogens is 2. The Morgan fingerprint density at radius 3 is 2.45 bits per heavy atom. The summed E-state index contributed by atoms with van der Waals surface area (Å²) in [4.78, 5) is 13.0. The van der Waals surface area contributed by atoms with Gasteiger partial charge in [0.15, 0.2) is 0 Å². The van der Waals surface area contributed by atoms with Gasteiger partial charge >= 0.3 is 0 Å². The summed E-state index contributed by atoms with van der Waals surface area (Å²) in [5.41, 5.74) is 0.946. The highest BCUT2D eigenvalue weighted by molar-refractivity contribution is 7.89. The first-order chi connectivity index (χ1) is 13.8. The van der Waals surface area contributed by atoms with Gasteiger partial charge in [-0.05, 0) is 62.8 Å². The Morgan fingerprint density at radius 1 is 1.17 bits per heavy atom. The Bertz CT molecular complexity index is 991. The van der Waals surface area contributed by atoms with E-state index in [9.17, 15) is 13.2 Å². The van der Waals surface area contributed by atoms with Crippen LogP contribution in [0.15, 0.2) is 35.4 Å². The van der Waals surface area contributed by atoms with E-state index in [1.807, 2.05) is 11.6 Å². The van der Waals surface area contributed by atoms with Crippen LogP contribution in [-0.2, 0) is 21.4 Å². The van der Waals surface area contributed by atoms with E-state index < -0.39 is 10.0 Å². The Labute approximate surface area is 176 Å². The van der Waals surface area contributed by atoms with Crippen LogP contribution in [-0.4, -0.2) is 41.5 Å². The molecular weight excluding hydrogens is 412 g/mol. The molecule has 0 radical (unpaired) electrons. The first-order valence-corrected chi connectivity index (χ1v) is 11.8. The van der Waals surface area contributed by atoms with Gasteiger partial charge in [-0.15, -0.1) is 0 Å². The van der Waals surface area contributed by atoms with Crippen LogP contribution >= 0.6 is 11.6 Å². The van der Waals surface area contributed by atoms with Crippen LogP contribution in [0.5, 0.6) is 0 Å². The number of aryl methyl sites for hydroxylation is 1. The second kappa shape index (κ2) is 8.08. The highest BCUT2D eigenvalue weighted by Crippen LogP contribution is 2.32. The molecule has 4 rings (SSSR count). The molecule has 0 unspecified atom stereocenters. The van der Waals surface area contributed by atoms with Crippen molar-refractivity contribution in [1.82, 2.24) is 14.1 Å². The minimum Gasteiger partial charge on any atom is -0.310 e. The summed E-state index contributed by atoms with van der Waals surface area (Å²) < 4.78 is 28.9. The van der Waals surface area contributed by atoms with E-state index in [0.29, 0.717) is 36.9 Å². The van der Waals surface area contributed by atoms with Crippen LogP contribution in [0.3, 0.4) is 0 Å². The van der Waals surface area contributed by atoms with E-state index in [1.54, 1.807) is 18.3 Å². The van der Waals surface area contributed by atoms with Gasteiger partial charge < -0.3 is 5.32 Å². The summed E-state index contributed by atoms with van der Waals surface area (Å²) in [5, 5.41) is 7.91. The van der Waals surface area contributed by atoms with Crippen LogP contribution in [0, 0.1) is 18.8 Å². The van der Waals surface area contributed by atoms with Crippen LogP contribution in [0.1, 0.15) is 31.2 Å². The predicted octanol–water partition coefficient (Wildman–Crippen LogP) is 3.29. The molecule has 1 aromatic heterocycles. The zero-order valence-electron chi connectivity index (χ0n) is 16.3. The largest absolute Gasteiger partial charge is 0.310 e. The Hall–Kier alpha value is -1.90. The first kappa shape index (κ1) is 20.4. The molecule has 2 aliphatic rings. The van der Waals surface area contributed by atoms with Crippen molar-refractivity contribution in [3.05, 3.63) is 41.0 Å². The normalized spacial score (nSPS) is 18.7. The fourth-order valence-corrected chi connectivity index (χ4v) is 5.25. The summed E-state index contributed by atoms with van der Waals surface area (Å²) in [5.74, 6) is 1.15. The van der Waals surface area contributed by atoms with Crippen molar-refractivity contribution in [2.45, 2.75) is 44.0 Å². The molecule has 1 aromatic carbocycles. The van der Waals surface area contributed by atoms with Crippen LogP contribution in [0.25, 0.3) is 0 Å². The Morgan fingerprint density at radius 2 is 1.83 bits per heavy atom. The highest BCUT2D eigenvalue weighted by atomic mass is 35.5. The SMILES string of the molecule is Cc1cnn(CC2CC2)c1NC(=O)C1CCN(S(=O)(=O)c2ccc(Cl)cc2)CC1. The molecule has 2 aromatic rings. The second-order valence-electron chi connectivity index (χ2n) is 7.92. The molecule has 156 valence electrons. The summed E-state index contributed by atoms with van der Waals surface area (Å²) in [6.07, 6.45) is 5.20. The van der Waals surface area contributed by atoms with Gasteiger partial charge in [-0.3, -0.25) is 4.79 Å². The number of sulfonamides is 1. The lowest BCUT2D eigenvalue weighted by atomic mass is 9.97. The lowest BCUT2D eigenvalue weighted by Crippen LogP contribution is -2.41. The van der Waals surface area contributed by atoms with Crippen LogP contribution < -0.4 is 5.32 Å². The van der Waals surface area contributed by atoms with Crippen LogP contribution in [0.2, 0.25) is 5.02 Å². The molecule has 7 nitrogen and oxygen atoms in total. The average molecular weight is 437 g/mol. The highest BCUT2D eigenvalue weighted by Gasteiger charge is 2.33. The lowest BCUT2D eigenvalue weighted by Gasteiger charge is -2.30.